The predicted molar refractivity (Wildman–Crippen MR) is 93.7 cm³/mol. The lowest BCUT2D eigenvalue weighted by Crippen LogP contribution is -1.99. The van der Waals surface area contributed by atoms with Crippen molar-refractivity contribution in [1.29, 1.82) is 0 Å². The van der Waals surface area contributed by atoms with Crippen LogP contribution in [0.3, 0.4) is 0 Å². The second-order valence-electron chi connectivity index (χ2n) is 4.80. The number of para-hydroxylation sites is 2. The normalized spacial score (nSPS) is 10.3. The number of phenols is 2. The third-order valence-electron chi connectivity index (χ3n) is 2.76. The Bertz CT molecular complexity index is 760. The van der Waals surface area contributed by atoms with Crippen LogP contribution in [0.5, 0.6) is 23.0 Å². The molecule has 0 spiro atoms. The number of benzene rings is 3. The highest BCUT2D eigenvalue weighted by Gasteiger charge is 2.24. The highest BCUT2D eigenvalue weighted by atomic mass is 31.2. The monoisotopic (exact) mass is 360 g/mol. The first-order chi connectivity index (χ1) is 11.9. The van der Waals surface area contributed by atoms with Crippen molar-refractivity contribution < 1.29 is 28.7 Å². The van der Waals surface area contributed by atoms with Gasteiger partial charge in [-0.05, 0) is 36.4 Å². The minimum Gasteiger partial charge on any atom is -0.508 e. The van der Waals surface area contributed by atoms with Gasteiger partial charge in [0.25, 0.3) is 0 Å². The molecule has 3 rings (SSSR count). The van der Waals surface area contributed by atoms with Crippen LogP contribution in [0.1, 0.15) is 0 Å². The van der Waals surface area contributed by atoms with Gasteiger partial charge in [0, 0.05) is 6.07 Å². The van der Waals surface area contributed by atoms with E-state index in [9.17, 15) is 9.46 Å². The smallest absolute Gasteiger partial charge is 0.508 e. The van der Waals surface area contributed by atoms with Crippen molar-refractivity contribution in [3.63, 3.8) is 0 Å². The first-order valence-corrected chi connectivity index (χ1v) is 8.74. The van der Waals surface area contributed by atoms with Gasteiger partial charge in [0.1, 0.15) is 23.0 Å². The average molecular weight is 360 g/mol. The maximum atomic E-state index is 11.7. The van der Waals surface area contributed by atoms with Gasteiger partial charge in [-0.3, -0.25) is 4.89 Å². The number of aromatic hydroxyl groups is 2. The third-order valence-corrected chi connectivity index (χ3v) is 3.64. The molecule has 0 bridgehead atoms. The Balaban J connectivity index is 0.000000236. The summed E-state index contributed by atoms with van der Waals surface area (Å²) in [6, 6.07) is 22.6. The zero-order valence-electron chi connectivity index (χ0n) is 13.1. The molecular weight excluding hydrogens is 343 g/mol. The Morgan fingerprint density at radius 2 is 1.04 bits per heavy atom. The highest BCUT2D eigenvalue weighted by molar-refractivity contribution is 7.48. The first-order valence-electron chi connectivity index (χ1n) is 7.25. The maximum absolute atomic E-state index is 11.7. The van der Waals surface area contributed by atoms with Gasteiger partial charge in [-0.15, -0.1) is 0 Å². The number of phosphoric acid groups is 1. The topological polar surface area (TPSA) is 96.2 Å². The molecule has 7 heteroatoms. The predicted octanol–water partition coefficient (Wildman–Crippen LogP) is 4.34. The van der Waals surface area contributed by atoms with Gasteiger partial charge in [0.15, 0.2) is 0 Å². The van der Waals surface area contributed by atoms with Gasteiger partial charge in [-0.1, -0.05) is 42.5 Å². The number of rotatable bonds is 4. The molecule has 0 saturated carbocycles. The van der Waals surface area contributed by atoms with E-state index in [0.717, 1.165) is 0 Å². The molecule has 0 aromatic heterocycles. The van der Waals surface area contributed by atoms with Gasteiger partial charge < -0.3 is 19.3 Å². The van der Waals surface area contributed by atoms with E-state index in [1.807, 2.05) is 0 Å². The Kier molecular flexibility index (Phi) is 6.46. The van der Waals surface area contributed by atoms with Crippen LogP contribution < -0.4 is 9.05 Å². The fraction of sp³-hybridized carbons (Fsp3) is 0. The average Bonchev–Trinajstić information content (AvgIpc) is 2.56. The van der Waals surface area contributed by atoms with Crippen LogP contribution in [-0.2, 0) is 4.57 Å². The fourth-order valence-corrected chi connectivity index (χ4v) is 2.55. The minimum absolute atomic E-state index is 0.0880. The SMILES string of the molecule is O=P(O)(Oc1ccccc1)Oc1ccccc1.Oc1cccc(O)c1. The highest BCUT2D eigenvalue weighted by Crippen LogP contribution is 2.44. The van der Waals surface area contributed by atoms with Crippen LogP contribution >= 0.6 is 7.82 Å². The molecule has 0 fully saturated rings. The summed E-state index contributed by atoms with van der Waals surface area (Å²) in [5.41, 5.74) is 0. The van der Waals surface area contributed by atoms with Crippen molar-refractivity contribution in [3.05, 3.63) is 84.9 Å². The van der Waals surface area contributed by atoms with Crippen LogP contribution in [0.15, 0.2) is 84.9 Å². The van der Waals surface area contributed by atoms with Gasteiger partial charge in [-0.2, -0.15) is 0 Å². The van der Waals surface area contributed by atoms with Crippen molar-refractivity contribution in [2.45, 2.75) is 0 Å². The summed E-state index contributed by atoms with van der Waals surface area (Å²) in [7, 11) is -4.14. The van der Waals surface area contributed by atoms with E-state index in [-0.39, 0.29) is 23.0 Å². The van der Waals surface area contributed by atoms with Crippen LogP contribution in [-0.4, -0.2) is 15.1 Å². The van der Waals surface area contributed by atoms with Crippen LogP contribution in [0.25, 0.3) is 0 Å². The molecule has 0 unspecified atom stereocenters. The van der Waals surface area contributed by atoms with Crippen LogP contribution in [0, 0.1) is 0 Å². The van der Waals surface area contributed by atoms with Crippen molar-refractivity contribution in [1.82, 2.24) is 0 Å². The molecule has 6 nitrogen and oxygen atoms in total. The lowest BCUT2D eigenvalue weighted by atomic mass is 10.3. The van der Waals surface area contributed by atoms with E-state index in [4.69, 9.17) is 19.3 Å². The van der Waals surface area contributed by atoms with E-state index < -0.39 is 7.82 Å². The van der Waals surface area contributed by atoms with Crippen molar-refractivity contribution in [3.8, 4) is 23.0 Å². The standard InChI is InChI=1S/C12H11O4P.C6H6O2/c13-17(14,15-11-7-3-1-4-8-11)16-12-9-5-2-6-10-12;7-5-2-1-3-6(8)4-5/h1-10H,(H,13,14);1-4,7-8H. The third kappa shape index (κ3) is 6.99. The number of hydrogen-bond donors (Lipinski definition) is 3. The molecule has 0 saturated heterocycles. The molecule has 3 aromatic rings. The second kappa shape index (κ2) is 8.78. The molecule has 130 valence electrons. The van der Waals surface area contributed by atoms with Gasteiger partial charge in [0.2, 0.25) is 0 Å². The second-order valence-corrected chi connectivity index (χ2v) is 6.10. The largest absolute Gasteiger partial charge is 0.584 e. The Labute approximate surface area is 145 Å². The lowest BCUT2D eigenvalue weighted by Gasteiger charge is -2.13. The van der Waals surface area contributed by atoms with E-state index in [2.05, 4.69) is 0 Å². The Hall–Kier alpha value is -2.95. The number of hydrogen-bond acceptors (Lipinski definition) is 5. The van der Waals surface area contributed by atoms with E-state index in [0.29, 0.717) is 0 Å². The molecule has 3 N–H and O–H groups in total. The number of phenolic OH excluding ortho intramolecular Hbond substituents is 2. The molecule has 0 aliphatic carbocycles. The van der Waals surface area contributed by atoms with Gasteiger partial charge >= 0.3 is 7.82 Å². The Morgan fingerprint density at radius 3 is 1.36 bits per heavy atom. The van der Waals surface area contributed by atoms with E-state index in [1.165, 1.54) is 18.2 Å². The summed E-state index contributed by atoms with van der Waals surface area (Å²) in [6.45, 7) is 0. The Morgan fingerprint density at radius 1 is 0.640 bits per heavy atom. The summed E-state index contributed by atoms with van der Waals surface area (Å²) in [4.78, 5) is 9.53. The summed E-state index contributed by atoms with van der Waals surface area (Å²) < 4.78 is 21.5. The summed E-state index contributed by atoms with van der Waals surface area (Å²) in [6.07, 6.45) is 0. The van der Waals surface area contributed by atoms with Gasteiger partial charge in [0.05, 0.1) is 0 Å². The molecule has 0 amide bonds. The van der Waals surface area contributed by atoms with E-state index in [1.54, 1.807) is 66.7 Å². The zero-order chi connectivity index (χ0) is 18.1. The molecule has 0 heterocycles. The molecule has 0 atom stereocenters. The first kappa shape index (κ1) is 18.4. The fourth-order valence-electron chi connectivity index (χ4n) is 1.74. The quantitative estimate of drug-likeness (QED) is 0.599. The summed E-state index contributed by atoms with van der Waals surface area (Å²) >= 11 is 0. The van der Waals surface area contributed by atoms with E-state index >= 15 is 0 Å². The van der Waals surface area contributed by atoms with Crippen molar-refractivity contribution in [2.24, 2.45) is 0 Å². The molecule has 25 heavy (non-hydrogen) atoms. The summed E-state index contributed by atoms with van der Waals surface area (Å²) in [5.74, 6) is 0.749. The summed E-state index contributed by atoms with van der Waals surface area (Å²) in [5, 5.41) is 17.3. The molecule has 0 aliphatic heterocycles. The van der Waals surface area contributed by atoms with Crippen molar-refractivity contribution >= 4 is 7.82 Å². The maximum Gasteiger partial charge on any atom is 0.584 e. The lowest BCUT2D eigenvalue weighted by molar-refractivity contribution is 0.291. The molecule has 3 aromatic carbocycles. The zero-order valence-corrected chi connectivity index (χ0v) is 14.0. The van der Waals surface area contributed by atoms with Crippen molar-refractivity contribution in [2.75, 3.05) is 0 Å². The van der Waals surface area contributed by atoms with Crippen LogP contribution in [0.4, 0.5) is 0 Å². The molecule has 0 aliphatic rings. The molecular formula is C18H17O6P. The van der Waals surface area contributed by atoms with Crippen LogP contribution in [0.2, 0.25) is 0 Å². The molecule has 0 radical (unpaired) electrons. The number of phosphoric ester groups is 1. The minimum atomic E-state index is -4.14. The van der Waals surface area contributed by atoms with Gasteiger partial charge in [-0.25, -0.2) is 4.57 Å².